The van der Waals surface area contributed by atoms with E-state index in [0.717, 1.165) is 56.0 Å². The summed E-state index contributed by atoms with van der Waals surface area (Å²) in [5.74, 6) is 2.13. The minimum absolute atomic E-state index is 0.0377. The molecule has 8 heteroatoms. The van der Waals surface area contributed by atoms with Crippen LogP contribution in [0.4, 0.5) is 0 Å². The second-order valence-electron chi connectivity index (χ2n) is 8.01. The van der Waals surface area contributed by atoms with Gasteiger partial charge in [-0.2, -0.15) is 10.1 Å². The molecule has 1 unspecified atom stereocenters. The summed E-state index contributed by atoms with van der Waals surface area (Å²) in [5, 5.41) is 8.73. The Kier molecular flexibility index (Phi) is 4.53. The van der Waals surface area contributed by atoms with Crippen molar-refractivity contribution in [2.75, 3.05) is 26.3 Å². The molecule has 2 saturated heterocycles. The number of ether oxygens (including phenoxy) is 1. The van der Waals surface area contributed by atoms with Crippen LogP contribution in [0.1, 0.15) is 48.2 Å². The van der Waals surface area contributed by atoms with Crippen molar-refractivity contribution in [1.82, 2.24) is 24.8 Å². The molecule has 1 aliphatic carbocycles. The Labute approximate surface area is 157 Å². The fourth-order valence-corrected chi connectivity index (χ4v) is 4.32. The van der Waals surface area contributed by atoms with Crippen LogP contribution in [0.3, 0.4) is 0 Å². The zero-order valence-corrected chi connectivity index (χ0v) is 15.5. The van der Waals surface area contributed by atoms with Gasteiger partial charge in [-0.15, -0.1) is 0 Å². The maximum atomic E-state index is 12.3. The van der Waals surface area contributed by atoms with E-state index < -0.39 is 0 Å². The lowest BCUT2D eigenvalue weighted by Crippen LogP contribution is -2.49. The van der Waals surface area contributed by atoms with E-state index in [-0.39, 0.29) is 11.5 Å². The third-order valence-corrected chi connectivity index (χ3v) is 5.87. The highest BCUT2D eigenvalue weighted by molar-refractivity contribution is 5.20. The molecule has 2 aromatic rings. The minimum atomic E-state index is 0.0377. The molecule has 0 amide bonds. The summed E-state index contributed by atoms with van der Waals surface area (Å²) < 4.78 is 12.4. The van der Waals surface area contributed by atoms with Crippen molar-refractivity contribution < 1.29 is 9.26 Å². The van der Waals surface area contributed by atoms with E-state index in [9.17, 15) is 4.79 Å². The van der Waals surface area contributed by atoms with Gasteiger partial charge in [0.25, 0.3) is 5.56 Å². The summed E-state index contributed by atoms with van der Waals surface area (Å²) in [6.45, 7) is 4.70. The average molecular weight is 371 g/mol. The summed E-state index contributed by atoms with van der Waals surface area (Å²) in [6, 6.07) is 1.80. The van der Waals surface area contributed by atoms with Crippen LogP contribution in [0.2, 0.25) is 0 Å². The quantitative estimate of drug-likeness (QED) is 0.779. The van der Waals surface area contributed by atoms with E-state index in [1.807, 2.05) is 0 Å². The number of aryl methyl sites for hydroxylation is 2. The van der Waals surface area contributed by atoms with Gasteiger partial charge in [-0.05, 0) is 37.7 Å². The van der Waals surface area contributed by atoms with Gasteiger partial charge < -0.3 is 9.26 Å². The van der Waals surface area contributed by atoms with Crippen LogP contribution >= 0.6 is 0 Å². The normalized spacial score (nSPS) is 23.3. The van der Waals surface area contributed by atoms with Crippen molar-refractivity contribution in [2.45, 2.75) is 51.1 Å². The van der Waals surface area contributed by atoms with Gasteiger partial charge in [0.1, 0.15) is 0 Å². The van der Waals surface area contributed by atoms with Crippen molar-refractivity contribution in [3.63, 3.8) is 0 Å². The largest absolute Gasteiger partial charge is 0.381 e. The molecule has 0 bridgehead atoms. The highest BCUT2D eigenvalue weighted by Gasteiger charge is 2.30. The molecule has 4 heterocycles. The summed E-state index contributed by atoms with van der Waals surface area (Å²) in [7, 11) is 0. The van der Waals surface area contributed by atoms with Gasteiger partial charge in [-0.25, -0.2) is 4.68 Å². The highest BCUT2D eigenvalue weighted by Crippen LogP contribution is 2.25. The van der Waals surface area contributed by atoms with Crippen LogP contribution in [0.25, 0.3) is 0 Å². The topological polar surface area (TPSA) is 86.3 Å². The minimum Gasteiger partial charge on any atom is -0.381 e. The molecule has 5 rings (SSSR count). The average Bonchev–Trinajstić information content (AvgIpc) is 3.31. The van der Waals surface area contributed by atoms with Crippen LogP contribution in [-0.2, 0) is 30.7 Å². The standard InChI is InChI=1S/C19H25N5O3/c25-18-7-14-3-1-2-4-16(14)21-24(18)10-13-8-23(9-13)11-17-20-19(27-22-17)15-5-6-26-12-15/h7,13,15H,1-6,8-12H2. The molecule has 8 nitrogen and oxygen atoms in total. The van der Waals surface area contributed by atoms with Gasteiger partial charge in [-0.3, -0.25) is 9.69 Å². The second kappa shape index (κ2) is 7.16. The molecule has 0 saturated carbocycles. The molecule has 144 valence electrons. The lowest BCUT2D eigenvalue weighted by molar-refractivity contribution is 0.0730. The Balaban J connectivity index is 1.15. The number of hydrogen-bond donors (Lipinski definition) is 0. The monoisotopic (exact) mass is 371 g/mol. The van der Waals surface area contributed by atoms with Crippen molar-refractivity contribution in [2.24, 2.45) is 5.92 Å². The van der Waals surface area contributed by atoms with Crippen LogP contribution < -0.4 is 5.56 Å². The highest BCUT2D eigenvalue weighted by atomic mass is 16.5. The molecule has 2 aliphatic heterocycles. The van der Waals surface area contributed by atoms with E-state index in [2.05, 4.69) is 20.1 Å². The fraction of sp³-hybridized carbons (Fsp3) is 0.684. The maximum Gasteiger partial charge on any atom is 0.267 e. The van der Waals surface area contributed by atoms with E-state index in [1.165, 1.54) is 12.8 Å². The molecule has 27 heavy (non-hydrogen) atoms. The maximum absolute atomic E-state index is 12.3. The summed E-state index contributed by atoms with van der Waals surface area (Å²) in [5.41, 5.74) is 2.31. The van der Waals surface area contributed by atoms with E-state index in [1.54, 1.807) is 10.7 Å². The first-order valence-electron chi connectivity index (χ1n) is 9.97. The van der Waals surface area contributed by atoms with Crippen LogP contribution in [-0.4, -0.2) is 51.1 Å². The van der Waals surface area contributed by atoms with Gasteiger partial charge >= 0.3 is 0 Å². The van der Waals surface area contributed by atoms with Crippen molar-refractivity contribution in [3.05, 3.63) is 39.4 Å². The molecule has 1 atom stereocenters. The lowest BCUT2D eigenvalue weighted by Gasteiger charge is -2.38. The van der Waals surface area contributed by atoms with Crippen LogP contribution in [0.15, 0.2) is 15.4 Å². The molecule has 2 fully saturated rings. The number of fused-ring (bicyclic) bond motifs is 1. The Morgan fingerprint density at radius 1 is 1.22 bits per heavy atom. The Bertz CT molecular complexity index is 864. The van der Waals surface area contributed by atoms with Crippen molar-refractivity contribution in [3.8, 4) is 0 Å². The van der Waals surface area contributed by atoms with Gasteiger partial charge in [0.15, 0.2) is 5.82 Å². The number of nitrogens with zero attached hydrogens (tertiary/aromatic N) is 5. The third-order valence-electron chi connectivity index (χ3n) is 5.87. The predicted octanol–water partition coefficient (Wildman–Crippen LogP) is 1.14. The van der Waals surface area contributed by atoms with Crippen molar-refractivity contribution >= 4 is 0 Å². The number of aromatic nitrogens is 4. The van der Waals surface area contributed by atoms with Gasteiger partial charge in [0.05, 0.1) is 31.3 Å². The third kappa shape index (κ3) is 3.55. The molecule has 0 N–H and O–H groups in total. The van der Waals surface area contributed by atoms with Gasteiger partial charge in [0.2, 0.25) is 5.89 Å². The zero-order chi connectivity index (χ0) is 18.2. The molecule has 3 aliphatic rings. The summed E-state index contributed by atoms with van der Waals surface area (Å²) in [4.78, 5) is 19.1. The first-order chi connectivity index (χ1) is 13.2. The fourth-order valence-electron chi connectivity index (χ4n) is 4.32. The first-order valence-corrected chi connectivity index (χ1v) is 9.97. The number of rotatable bonds is 5. The number of likely N-dealkylation sites (tertiary alicyclic amines) is 1. The smallest absolute Gasteiger partial charge is 0.267 e. The molecule has 0 aromatic carbocycles. The van der Waals surface area contributed by atoms with E-state index in [4.69, 9.17) is 9.26 Å². The Morgan fingerprint density at radius 3 is 2.96 bits per heavy atom. The molecule has 0 spiro atoms. The molecule has 2 aromatic heterocycles. The van der Waals surface area contributed by atoms with E-state index in [0.29, 0.717) is 31.5 Å². The van der Waals surface area contributed by atoms with Crippen LogP contribution in [0.5, 0.6) is 0 Å². The molecular weight excluding hydrogens is 346 g/mol. The van der Waals surface area contributed by atoms with Crippen LogP contribution in [0, 0.1) is 5.92 Å². The first kappa shape index (κ1) is 17.1. The summed E-state index contributed by atoms with van der Waals surface area (Å²) in [6.07, 6.45) is 5.29. The lowest BCUT2D eigenvalue weighted by atomic mass is 9.96. The zero-order valence-electron chi connectivity index (χ0n) is 15.5. The van der Waals surface area contributed by atoms with E-state index >= 15 is 0 Å². The SMILES string of the molecule is O=c1cc2c(nn1CC1CN(Cc3noc(C4CCOC4)n3)C1)CCCC2. The van der Waals surface area contributed by atoms with Gasteiger partial charge in [0, 0.05) is 31.7 Å². The predicted molar refractivity (Wildman–Crippen MR) is 96.4 cm³/mol. The van der Waals surface area contributed by atoms with Gasteiger partial charge in [-0.1, -0.05) is 5.16 Å². The molecular formula is C19H25N5O3. The number of hydrogen-bond acceptors (Lipinski definition) is 7. The summed E-state index contributed by atoms with van der Waals surface area (Å²) >= 11 is 0. The van der Waals surface area contributed by atoms with Crippen molar-refractivity contribution in [1.29, 1.82) is 0 Å². The second-order valence-corrected chi connectivity index (χ2v) is 8.01. The Hall–Kier alpha value is -2.06. The Morgan fingerprint density at radius 2 is 2.11 bits per heavy atom. The molecule has 0 radical (unpaired) electrons.